The van der Waals surface area contributed by atoms with E-state index in [1.165, 1.54) is 12.1 Å². The number of H-pyrrole nitrogens is 1. The minimum Gasteiger partial charge on any atom is -0.475 e. The van der Waals surface area contributed by atoms with Crippen LogP contribution in [0.5, 0.6) is 0 Å². The maximum absolute atomic E-state index is 13.8. The highest BCUT2D eigenvalue weighted by molar-refractivity contribution is 7.80. The Morgan fingerprint density at radius 1 is 1.06 bits per heavy atom. The summed E-state index contributed by atoms with van der Waals surface area (Å²) in [5.74, 6) is -3.78. The van der Waals surface area contributed by atoms with E-state index in [1.54, 1.807) is 0 Å². The van der Waals surface area contributed by atoms with E-state index >= 15 is 0 Å². The van der Waals surface area contributed by atoms with Crippen molar-refractivity contribution in [2.45, 2.75) is 24.7 Å². The van der Waals surface area contributed by atoms with Crippen LogP contribution in [-0.4, -0.2) is 33.0 Å². The van der Waals surface area contributed by atoms with Crippen molar-refractivity contribution in [3.05, 3.63) is 65.0 Å². The summed E-state index contributed by atoms with van der Waals surface area (Å²) < 4.78 is 96.6. The Morgan fingerprint density at radius 3 is 2.09 bits per heavy atom. The maximum Gasteiger partial charge on any atom is 0.490 e. The van der Waals surface area contributed by atoms with Crippen LogP contribution in [0.25, 0.3) is 11.0 Å². The monoisotopic (exact) mass is 486 g/mol. The van der Waals surface area contributed by atoms with Gasteiger partial charge >= 0.3 is 18.3 Å². The van der Waals surface area contributed by atoms with E-state index in [0.717, 1.165) is 24.3 Å². The van der Waals surface area contributed by atoms with Gasteiger partial charge in [-0.15, -0.1) is 0 Å². The molecule has 3 rings (SSSR count). The van der Waals surface area contributed by atoms with Crippen molar-refractivity contribution in [1.82, 2.24) is 9.97 Å². The van der Waals surface area contributed by atoms with Gasteiger partial charge in [0, 0.05) is 17.7 Å². The van der Waals surface area contributed by atoms with Gasteiger partial charge in [-0.25, -0.2) is 18.6 Å². The number of carboxylic acids is 1. The lowest BCUT2D eigenvalue weighted by Gasteiger charge is -2.13. The number of aliphatic carboxylic acids is 1. The zero-order chi connectivity index (χ0) is 24.3. The summed E-state index contributed by atoms with van der Waals surface area (Å²) in [4.78, 5) is 15.9. The molecule has 0 saturated heterocycles. The van der Waals surface area contributed by atoms with E-state index in [0.29, 0.717) is 23.6 Å². The third kappa shape index (κ3) is 6.58. The topological polar surface area (TPSA) is 66.0 Å². The molecule has 3 aromatic rings. The number of hydrogen-bond donors (Lipinski definition) is 3. The first-order valence-electron chi connectivity index (χ1n) is 8.64. The van der Waals surface area contributed by atoms with Crippen LogP contribution in [0.2, 0.25) is 0 Å². The largest absolute Gasteiger partial charge is 0.490 e. The Labute approximate surface area is 180 Å². The molecule has 13 heteroatoms. The van der Waals surface area contributed by atoms with Gasteiger partial charge in [0.15, 0.2) is 5.82 Å². The van der Waals surface area contributed by atoms with Crippen LogP contribution in [-0.2, 0) is 17.4 Å². The zero-order valence-electron chi connectivity index (χ0n) is 15.7. The Balaban J connectivity index is 0.000000451. The predicted molar refractivity (Wildman–Crippen MR) is 101 cm³/mol. The van der Waals surface area contributed by atoms with Crippen molar-refractivity contribution in [3.8, 4) is 0 Å². The van der Waals surface area contributed by atoms with E-state index in [1.807, 2.05) is 0 Å². The lowest BCUT2D eigenvalue weighted by atomic mass is 9.99. The number of benzene rings is 2. The highest BCUT2D eigenvalue weighted by Crippen LogP contribution is 2.30. The fourth-order valence-electron chi connectivity index (χ4n) is 2.62. The number of halogens is 8. The molecule has 0 amide bonds. The van der Waals surface area contributed by atoms with Crippen molar-refractivity contribution >= 4 is 29.6 Å². The molecule has 0 unspecified atom stereocenters. The average Bonchev–Trinajstić information content (AvgIpc) is 3.09. The van der Waals surface area contributed by atoms with Crippen LogP contribution in [0.4, 0.5) is 35.1 Å². The minimum atomic E-state index is -5.08. The zero-order valence-corrected chi connectivity index (χ0v) is 16.6. The maximum atomic E-state index is 13.8. The summed E-state index contributed by atoms with van der Waals surface area (Å²) in [6, 6.07) is 6.70. The van der Waals surface area contributed by atoms with Crippen LogP contribution in [0.1, 0.15) is 22.9 Å². The molecule has 1 atom stereocenters. The van der Waals surface area contributed by atoms with E-state index in [-0.39, 0.29) is 17.0 Å². The smallest absolute Gasteiger partial charge is 0.475 e. The fourth-order valence-corrected chi connectivity index (χ4v) is 2.92. The Hall–Kier alpha value is -2.83. The van der Waals surface area contributed by atoms with Gasteiger partial charge in [-0.2, -0.15) is 39.0 Å². The van der Waals surface area contributed by atoms with Crippen molar-refractivity contribution < 1.29 is 45.0 Å². The highest BCUT2D eigenvalue weighted by atomic mass is 32.1. The minimum absolute atomic E-state index is 0.0237. The summed E-state index contributed by atoms with van der Waals surface area (Å²) in [6.07, 6.45) is -9.10. The normalized spacial score (nSPS) is 12.9. The van der Waals surface area contributed by atoms with Gasteiger partial charge in [0.25, 0.3) is 0 Å². The van der Waals surface area contributed by atoms with E-state index in [4.69, 9.17) is 9.90 Å². The molecule has 0 bridgehead atoms. The SMILES string of the molecule is Fc1cc(F)c2nc([C@@H](CS)Cc3ccc(C(F)(F)F)cc3)[nH]c2c1.O=C(O)C(F)(F)F. The number of nitrogens with one attached hydrogen (secondary N) is 1. The number of hydrogen-bond acceptors (Lipinski definition) is 3. The van der Waals surface area contributed by atoms with Gasteiger partial charge in [0.2, 0.25) is 0 Å². The van der Waals surface area contributed by atoms with Crippen LogP contribution >= 0.6 is 12.6 Å². The molecule has 2 N–H and O–H groups in total. The van der Waals surface area contributed by atoms with Gasteiger partial charge in [-0.05, 0) is 30.2 Å². The molecule has 0 aliphatic carbocycles. The standard InChI is InChI=1S/C17H13F5N2S.C2HF3O2/c18-12-6-13(19)15-14(7-12)23-16(24-15)10(8-25)5-9-1-3-11(4-2-9)17(20,21)22;3-2(4,5)1(6)7/h1-4,6-7,10,25H,5,8H2,(H,23,24);(H,6,7)/t10-;/m1./s1. The van der Waals surface area contributed by atoms with Crippen LogP contribution < -0.4 is 0 Å². The first kappa shape index (κ1) is 25.4. The number of rotatable bonds is 4. The Kier molecular flexibility index (Phi) is 7.75. The first-order chi connectivity index (χ1) is 14.7. The summed E-state index contributed by atoms with van der Waals surface area (Å²) in [6.45, 7) is 0. The second-order valence-corrected chi connectivity index (χ2v) is 6.85. The van der Waals surface area contributed by atoms with Crippen LogP contribution in [0.15, 0.2) is 36.4 Å². The van der Waals surface area contributed by atoms with Crippen molar-refractivity contribution in [1.29, 1.82) is 0 Å². The number of nitrogens with zero attached hydrogens (tertiary/aromatic N) is 1. The second kappa shape index (κ2) is 9.76. The number of alkyl halides is 6. The third-order valence-corrected chi connectivity index (χ3v) is 4.58. The quantitative estimate of drug-likeness (QED) is 0.325. The highest BCUT2D eigenvalue weighted by Gasteiger charge is 2.38. The third-order valence-electron chi connectivity index (χ3n) is 4.14. The molecule has 0 fully saturated rings. The first-order valence-corrected chi connectivity index (χ1v) is 9.27. The number of imidazole rings is 1. The molecule has 32 heavy (non-hydrogen) atoms. The molecule has 0 saturated carbocycles. The van der Waals surface area contributed by atoms with Gasteiger partial charge in [-0.3, -0.25) is 0 Å². The number of thiol groups is 1. The summed E-state index contributed by atoms with van der Waals surface area (Å²) in [5, 5.41) is 7.12. The molecular formula is C19H14F8N2O2S. The molecule has 174 valence electrons. The summed E-state index contributed by atoms with van der Waals surface area (Å²) in [7, 11) is 0. The molecule has 1 aromatic heterocycles. The van der Waals surface area contributed by atoms with Crippen molar-refractivity contribution in [2.75, 3.05) is 5.75 Å². The molecule has 0 aliphatic heterocycles. The molecular weight excluding hydrogens is 472 g/mol. The summed E-state index contributed by atoms with van der Waals surface area (Å²) in [5.41, 5.74) is 0.196. The van der Waals surface area contributed by atoms with Gasteiger partial charge < -0.3 is 10.1 Å². The fraction of sp³-hybridized carbons (Fsp3) is 0.263. The molecule has 1 heterocycles. The van der Waals surface area contributed by atoms with Crippen molar-refractivity contribution in [3.63, 3.8) is 0 Å². The number of aromatic amines is 1. The molecule has 2 aromatic carbocycles. The number of carboxylic acid groups (broad SMARTS) is 1. The van der Waals surface area contributed by atoms with E-state index < -0.39 is 35.5 Å². The second-order valence-electron chi connectivity index (χ2n) is 6.49. The molecule has 4 nitrogen and oxygen atoms in total. The van der Waals surface area contributed by atoms with E-state index in [2.05, 4.69) is 22.6 Å². The lowest BCUT2D eigenvalue weighted by Crippen LogP contribution is -2.21. The number of aromatic nitrogens is 2. The van der Waals surface area contributed by atoms with Crippen LogP contribution in [0, 0.1) is 11.6 Å². The van der Waals surface area contributed by atoms with Gasteiger partial charge in [0.1, 0.15) is 17.2 Å². The van der Waals surface area contributed by atoms with E-state index in [9.17, 15) is 35.1 Å². The van der Waals surface area contributed by atoms with Crippen LogP contribution in [0.3, 0.4) is 0 Å². The summed E-state index contributed by atoms with van der Waals surface area (Å²) >= 11 is 4.24. The Bertz CT molecular complexity index is 1080. The molecule has 0 radical (unpaired) electrons. The predicted octanol–water partition coefficient (Wildman–Crippen LogP) is 5.75. The Morgan fingerprint density at radius 2 is 1.62 bits per heavy atom. The molecule has 0 aliphatic rings. The average molecular weight is 486 g/mol. The lowest BCUT2D eigenvalue weighted by molar-refractivity contribution is -0.192. The number of fused-ring (bicyclic) bond motifs is 1. The molecule has 0 spiro atoms. The number of carbonyl (C=O) groups is 1. The van der Waals surface area contributed by atoms with Crippen molar-refractivity contribution in [2.24, 2.45) is 0 Å². The van der Waals surface area contributed by atoms with Gasteiger partial charge in [-0.1, -0.05) is 12.1 Å². The van der Waals surface area contributed by atoms with Gasteiger partial charge in [0.05, 0.1) is 11.1 Å².